The van der Waals surface area contributed by atoms with E-state index in [9.17, 15) is 4.39 Å². The average Bonchev–Trinajstić information content (AvgIpc) is 2.71. The van der Waals surface area contributed by atoms with Gasteiger partial charge < -0.3 is 5.73 Å². The van der Waals surface area contributed by atoms with Gasteiger partial charge in [-0.3, -0.25) is 4.90 Å². The second-order valence-electron chi connectivity index (χ2n) is 4.88. The molecule has 0 aliphatic carbocycles. The van der Waals surface area contributed by atoms with Crippen molar-refractivity contribution in [1.29, 1.82) is 0 Å². The Morgan fingerprint density at radius 3 is 2.94 bits per heavy atom. The van der Waals surface area contributed by atoms with Gasteiger partial charge in [-0.25, -0.2) is 4.39 Å². The minimum Gasteiger partial charge on any atom is -0.328 e. The zero-order chi connectivity index (χ0) is 12.4. The highest BCUT2D eigenvalue weighted by molar-refractivity contribution is 6.31. The molecule has 1 aromatic carbocycles. The summed E-state index contributed by atoms with van der Waals surface area (Å²) in [6.45, 7) is 4.88. The number of halogens is 2. The summed E-state index contributed by atoms with van der Waals surface area (Å²) in [4.78, 5) is 2.33. The van der Waals surface area contributed by atoms with E-state index in [1.165, 1.54) is 12.1 Å². The van der Waals surface area contributed by atoms with Gasteiger partial charge in [0.15, 0.2) is 0 Å². The minimum atomic E-state index is -0.284. The molecule has 94 valence electrons. The number of nitrogens with two attached hydrogens (primary N) is 1. The highest BCUT2D eigenvalue weighted by Crippen LogP contribution is 2.24. The van der Waals surface area contributed by atoms with E-state index in [1.807, 2.05) is 0 Å². The molecule has 0 amide bonds. The Morgan fingerprint density at radius 2 is 2.35 bits per heavy atom. The zero-order valence-electron chi connectivity index (χ0n) is 10.00. The summed E-state index contributed by atoms with van der Waals surface area (Å²) < 4.78 is 12.9. The molecule has 2 nitrogen and oxygen atoms in total. The third-order valence-electron chi connectivity index (χ3n) is 3.46. The SMILES string of the molecule is CC(N)C1CCN(Cc2ccc(F)cc2Cl)C1. The van der Waals surface area contributed by atoms with Crippen LogP contribution in [0.25, 0.3) is 0 Å². The molecule has 1 aliphatic rings. The van der Waals surface area contributed by atoms with E-state index in [0.29, 0.717) is 10.9 Å². The normalized spacial score (nSPS) is 22.9. The van der Waals surface area contributed by atoms with Gasteiger partial charge in [0.05, 0.1) is 0 Å². The highest BCUT2D eigenvalue weighted by atomic mass is 35.5. The topological polar surface area (TPSA) is 29.3 Å². The van der Waals surface area contributed by atoms with Gasteiger partial charge in [-0.2, -0.15) is 0 Å². The predicted molar refractivity (Wildman–Crippen MR) is 68.4 cm³/mol. The Bertz CT molecular complexity index is 395. The van der Waals surface area contributed by atoms with E-state index in [2.05, 4.69) is 11.8 Å². The van der Waals surface area contributed by atoms with Crippen LogP contribution in [0.2, 0.25) is 5.02 Å². The van der Waals surface area contributed by atoms with Crippen molar-refractivity contribution >= 4 is 11.6 Å². The van der Waals surface area contributed by atoms with E-state index in [0.717, 1.165) is 31.6 Å². The highest BCUT2D eigenvalue weighted by Gasteiger charge is 2.25. The summed E-state index contributed by atoms with van der Waals surface area (Å²) >= 11 is 6.02. The average molecular weight is 257 g/mol. The number of hydrogen-bond donors (Lipinski definition) is 1. The molecular formula is C13H18ClFN2. The monoisotopic (exact) mass is 256 g/mol. The van der Waals surface area contributed by atoms with Gasteiger partial charge in [0.1, 0.15) is 5.82 Å². The lowest BCUT2D eigenvalue weighted by Crippen LogP contribution is -2.29. The fraction of sp³-hybridized carbons (Fsp3) is 0.538. The van der Waals surface area contributed by atoms with Crippen molar-refractivity contribution in [3.8, 4) is 0 Å². The number of rotatable bonds is 3. The summed E-state index contributed by atoms with van der Waals surface area (Å²) in [5.41, 5.74) is 6.89. The summed E-state index contributed by atoms with van der Waals surface area (Å²) in [6, 6.07) is 4.83. The minimum absolute atomic E-state index is 0.240. The number of likely N-dealkylation sites (tertiary alicyclic amines) is 1. The zero-order valence-corrected chi connectivity index (χ0v) is 10.8. The third kappa shape index (κ3) is 3.18. The van der Waals surface area contributed by atoms with Gasteiger partial charge in [-0.15, -0.1) is 0 Å². The number of hydrogen-bond acceptors (Lipinski definition) is 2. The van der Waals surface area contributed by atoms with Crippen LogP contribution in [0.3, 0.4) is 0 Å². The van der Waals surface area contributed by atoms with Crippen molar-refractivity contribution in [2.24, 2.45) is 11.7 Å². The Balaban J connectivity index is 1.98. The maximum Gasteiger partial charge on any atom is 0.124 e. The molecule has 1 fully saturated rings. The van der Waals surface area contributed by atoms with Crippen LogP contribution >= 0.6 is 11.6 Å². The number of nitrogens with zero attached hydrogens (tertiary/aromatic N) is 1. The molecular weight excluding hydrogens is 239 g/mol. The van der Waals surface area contributed by atoms with Crippen LogP contribution in [-0.4, -0.2) is 24.0 Å². The molecule has 1 heterocycles. The summed E-state index contributed by atoms with van der Waals surface area (Å²) in [6.07, 6.45) is 1.14. The fourth-order valence-electron chi connectivity index (χ4n) is 2.33. The van der Waals surface area contributed by atoms with E-state index in [-0.39, 0.29) is 11.9 Å². The fourth-order valence-corrected chi connectivity index (χ4v) is 2.55. The van der Waals surface area contributed by atoms with E-state index >= 15 is 0 Å². The smallest absolute Gasteiger partial charge is 0.124 e. The van der Waals surface area contributed by atoms with Crippen molar-refractivity contribution in [3.05, 3.63) is 34.6 Å². The molecule has 0 radical (unpaired) electrons. The van der Waals surface area contributed by atoms with Gasteiger partial charge in [0, 0.05) is 24.2 Å². The molecule has 0 spiro atoms. The first kappa shape index (κ1) is 12.8. The molecule has 0 bridgehead atoms. The lowest BCUT2D eigenvalue weighted by molar-refractivity contribution is 0.308. The third-order valence-corrected chi connectivity index (χ3v) is 3.81. The first-order valence-electron chi connectivity index (χ1n) is 5.98. The maximum absolute atomic E-state index is 12.9. The lowest BCUT2D eigenvalue weighted by atomic mass is 10.0. The standard InChI is InChI=1S/C13H18ClFN2/c1-9(16)10-4-5-17(7-10)8-11-2-3-12(15)6-13(11)14/h2-3,6,9-10H,4-5,7-8,16H2,1H3. The van der Waals surface area contributed by atoms with Crippen LogP contribution in [0.5, 0.6) is 0 Å². The van der Waals surface area contributed by atoms with E-state index < -0.39 is 0 Å². The number of benzene rings is 1. The van der Waals surface area contributed by atoms with Gasteiger partial charge in [0.2, 0.25) is 0 Å². The maximum atomic E-state index is 12.9. The van der Waals surface area contributed by atoms with Crippen LogP contribution < -0.4 is 5.73 Å². The molecule has 0 aromatic heterocycles. The first-order chi connectivity index (χ1) is 8.06. The van der Waals surface area contributed by atoms with Crippen LogP contribution in [0, 0.1) is 11.7 Å². The van der Waals surface area contributed by atoms with Crippen LogP contribution in [-0.2, 0) is 6.54 Å². The molecule has 4 heteroatoms. The lowest BCUT2D eigenvalue weighted by Gasteiger charge is -2.18. The first-order valence-corrected chi connectivity index (χ1v) is 6.36. The van der Waals surface area contributed by atoms with Gasteiger partial charge in [-0.1, -0.05) is 17.7 Å². The summed E-state index contributed by atoms with van der Waals surface area (Å²) in [5, 5.41) is 0.509. The van der Waals surface area contributed by atoms with Crippen molar-refractivity contribution in [2.45, 2.75) is 25.9 Å². The molecule has 1 aromatic rings. The molecule has 2 atom stereocenters. The largest absolute Gasteiger partial charge is 0.328 e. The van der Waals surface area contributed by atoms with Crippen molar-refractivity contribution in [1.82, 2.24) is 4.90 Å². The van der Waals surface area contributed by atoms with Gasteiger partial charge in [0.25, 0.3) is 0 Å². The van der Waals surface area contributed by atoms with Crippen LogP contribution in [0.1, 0.15) is 18.9 Å². The Labute approximate surface area is 107 Å². The van der Waals surface area contributed by atoms with Crippen LogP contribution in [0.15, 0.2) is 18.2 Å². The van der Waals surface area contributed by atoms with Crippen LogP contribution in [0.4, 0.5) is 4.39 Å². The van der Waals surface area contributed by atoms with E-state index in [1.54, 1.807) is 6.07 Å². The predicted octanol–water partition coefficient (Wildman–Crippen LogP) is 2.65. The quantitative estimate of drug-likeness (QED) is 0.901. The molecule has 0 saturated carbocycles. The summed E-state index contributed by atoms with van der Waals surface area (Å²) in [7, 11) is 0. The summed E-state index contributed by atoms with van der Waals surface area (Å²) in [5.74, 6) is 0.280. The second kappa shape index (κ2) is 5.34. The molecule has 1 aliphatic heterocycles. The Kier molecular flexibility index (Phi) is 4.02. The van der Waals surface area contributed by atoms with Gasteiger partial charge >= 0.3 is 0 Å². The molecule has 2 rings (SSSR count). The van der Waals surface area contributed by atoms with E-state index in [4.69, 9.17) is 17.3 Å². The Morgan fingerprint density at radius 1 is 1.59 bits per heavy atom. The van der Waals surface area contributed by atoms with Gasteiger partial charge in [-0.05, 0) is 43.5 Å². The second-order valence-corrected chi connectivity index (χ2v) is 5.29. The molecule has 2 unspecified atom stereocenters. The van der Waals surface area contributed by atoms with Crippen molar-refractivity contribution in [2.75, 3.05) is 13.1 Å². The molecule has 1 saturated heterocycles. The Hall–Kier alpha value is -0.640. The van der Waals surface area contributed by atoms with Crippen molar-refractivity contribution < 1.29 is 4.39 Å². The molecule has 2 N–H and O–H groups in total. The van der Waals surface area contributed by atoms with Crippen molar-refractivity contribution in [3.63, 3.8) is 0 Å². The molecule has 17 heavy (non-hydrogen) atoms.